The zero-order chi connectivity index (χ0) is 9.68. The second-order valence-corrected chi connectivity index (χ2v) is 3.48. The summed E-state index contributed by atoms with van der Waals surface area (Å²) in [6, 6.07) is 0. The Morgan fingerprint density at radius 3 is 3.00 bits per heavy atom. The fraction of sp³-hybridized carbons (Fsp3) is 0.778. The lowest BCUT2D eigenvalue weighted by Crippen LogP contribution is -2.07. The van der Waals surface area contributed by atoms with Gasteiger partial charge in [0.1, 0.15) is 0 Å². The molecule has 0 spiro atoms. The average molecular weight is 182 g/mol. The summed E-state index contributed by atoms with van der Waals surface area (Å²) in [5, 5.41) is 8.06. The Balaban J connectivity index is 2.48. The van der Waals surface area contributed by atoms with Crippen LogP contribution in [0, 0.1) is 5.92 Å². The van der Waals surface area contributed by atoms with Crippen molar-refractivity contribution >= 4 is 0 Å². The SMILES string of the molecule is CCC(C)Cn1cc(CCN)nn1. The van der Waals surface area contributed by atoms with E-state index >= 15 is 0 Å². The van der Waals surface area contributed by atoms with Crippen LogP contribution in [-0.2, 0) is 13.0 Å². The van der Waals surface area contributed by atoms with E-state index in [1.165, 1.54) is 6.42 Å². The lowest BCUT2D eigenvalue weighted by Gasteiger charge is -2.06. The molecule has 1 aromatic rings. The largest absolute Gasteiger partial charge is 0.330 e. The maximum absolute atomic E-state index is 5.42. The first-order chi connectivity index (χ1) is 6.26. The molecule has 74 valence electrons. The van der Waals surface area contributed by atoms with Crippen molar-refractivity contribution in [3.05, 3.63) is 11.9 Å². The summed E-state index contributed by atoms with van der Waals surface area (Å²) in [5.74, 6) is 0.660. The van der Waals surface area contributed by atoms with Crippen LogP contribution in [0.4, 0.5) is 0 Å². The summed E-state index contributed by atoms with van der Waals surface area (Å²) < 4.78 is 1.90. The molecule has 2 N–H and O–H groups in total. The van der Waals surface area contributed by atoms with Gasteiger partial charge in [-0.2, -0.15) is 0 Å². The van der Waals surface area contributed by atoms with Gasteiger partial charge in [0.2, 0.25) is 0 Å². The molecule has 0 saturated carbocycles. The van der Waals surface area contributed by atoms with Crippen molar-refractivity contribution in [1.29, 1.82) is 0 Å². The average Bonchev–Trinajstić information content (AvgIpc) is 2.53. The summed E-state index contributed by atoms with van der Waals surface area (Å²) in [5.41, 5.74) is 6.41. The molecule has 0 bridgehead atoms. The zero-order valence-corrected chi connectivity index (χ0v) is 8.40. The summed E-state index contributed by atoms with van der Waals surface area (Å²) in [4.78, 5) is 0. The maximum Gasteiger partial charge on any atom is 0.0839 e. The van der Waals surface area contributed by atoms with Gasteiger partial charge in [-0.25, -0.2) is 0 Å². The van der Waals surface area contributed by atoms with E-state index in [4.69, 9.17) is 5.73 Å². The van der Waals surface area contributed by atoms with Crippen LogP contribution in [0.25, 0.3) is 0 Å². The van der Waals surface area contributed by atoms with Gasteiger partial charge in [-0.15, -0.1) is 5.10 Å². The third-order valence-electron chi connectivity index (χ3n) is 2.18. The van der Waals surface area contributed by atoms with E-state index in [0.717, 1.165) is 18.7 Å². The first kappa shape index (κ1) is 10.2. The lowest BCUT2D eigenvalue weighted by atomic mass is 10.1. The van der Waals surface area contributed by atoms with Crippen molar-refractivity contribution in [2.45, 2.75) is 33.2 Å². The van der Waals surface area contributed by atoms with E-state index < -0.39 is 0 Å². The molecule has 0 aliphatic carbocycles. The van der Waals surface area contributed by atoms with Crippen molar-refractivity contribution in [2.75, 3.05) is 6.54 Å². The van der Waals surface area contributed by atoms with E-state index in [-0.39, 0.29) is 0 Å². The van der Waals surface area contributed by atoms with Gasteiger partial charge < -0.3 is 5.73 Å². The quantitative estimate of drug-likeness (QED) is 0.733. The van der Waals surface area contributed by atoms with E-state index in [0.29, 0.717) is 12.5 Å². The zero-order valence-electron chi connectivity index (χ0n) is 8.40. The highest BCUT2D eigenvalue weighted by atomic mass is 15.4. The van der Waals surface area contributed by atoms with Crippen molar-refractivity contribution in [1.82, 2.24) is 15.0 Å². The maximum atomic E-state index is 5.42. The van der Waals surface area contributed by atoms with Gasteiger partial charge in [0.25, 0.3) is 0 Å². The highest BCUT2D eigenvalue weighted by molar-refractivity contribution is 4.92. The predicted molar refractivity (Wildman–Crippen MR) is 52.2 cm³/mol. The minimum Gasteiger partial charge on any atom is -0.330 e. The van der Waals surface area contributed by atoms with Crippen molar-refractivity contribution in [2.24, 2.45) is 11.7 Å². The molecule has 1 rings (SSSR count). The number of hydrogen-bond acceptors (Lipinski definition) is 3. The van der Waals surface area contributed by atoms with Crippen LogP contribution in [-0.4, -0.2) is 21.5 Å². The van der Waals surface area contributed by atoms with Gasteiger partial charge in [-0.1, -0.05) is 25.5 Å². The van der Waals surface area contributed by atoms with Gasteiger partial charge in [0.15, 0.2) is 0 Å². The van der Waals surface area contributed by atoms with Gasteiger partial charge in [-0.05, 0) is 12.5 Å². The smallest absolute Gasteiger partial charge is 0.0839 e. The van der Waals surface area contributed by atoms with Crippen LogP contribution in [0.2, 0.25) is 0 Å². The Morgan fingerprint density at radius 2 is 2.38 bits per heavy atom. The molecule has 1 aromatic heterocycles. The number of nitrogens with zero attached hydrogens (tertiary/aromatic N) is 3. The van der Waals surface area contributed by atoms with Gasteiger partial charge in [0, 0.05) is 19.2 Å². The second kappa shape index (κ2) is 4.97. The monoisotopic (exact) mass is 182 g/mol. The van der Waals surface area contributed by atoms with Gasteiger partial charge in [-0.3, -0.25) is 4.68 Å². The van der Waals surface area contributed by atoms with Crippen LogP contribution in [0.5, 0.6) is 0 Å². The molecule has 0 fully saturated rings. The van der Waals surface area contributed by atoms with Crippen LogP contribution < -0.4 is 5.73 Å². The molecule has 0 aromatic carbocycles. The number of rotatable bonds is 5. The second-order valence-electron chi connectivity index (χ2n) is 3.48. The molecular formula is C9H18N4. The number of nitrogens with two attached hydrogens (primary N) is 1. The molecule has 4 heteroatoms. The van der Waals surface area contributed by atoms with Crippen molar-refractivity contribution < 1.29 is 0 Å². The molecule has 0 amide bonds. The molecule has 4 nitrogen and oxygen atoms in total. The third-order valence-corrected chi connectivity index (χ3v) is 2.18. The lowest BCUT2D eigenvalue weighted by molar-refractivity contribution is 0.431. The molecule has 0 radical (unpaired) electrons. The minimum absolute atomic E-state index is 0.641. The Bertz CT molecular complexity index is 244. The predicted octanol–water partition coefficient (Wildman–Crippen LogP) is 0.825. The Kier molecular flexibility index (Phi) is 3.89. The first-order valence-electron chi connectivity index (χ1n) is 4.85. The van der Waals surface area contributed by atoms with Gasteiger partial charge in [0.05, 0.1) is 5.69 Å². The molecule has 1 atom stereocenters. The molecule has 13 heavy (non-hydrogen) atoms. The summed E-state index contributed by atoms with van der Waals surface area (Å²) >= 11 is 0. The third kappa shape index (κ3) is 3.14. The van der Waals surface area contributed by atoms with Crippen molar-refractivity contribution in [3.63, 3.8) is 0 Å². The van der Waals surface area contributed by atoms with Gasteiger partial charge >= 0.3 is 0 Å². The summed E-state index contributed by atoms with van der Waals surface area (Å²) in [6.07, 6.45) is 3.98. The fourth-order valence-corrected chi connectivity index (χ4v) is 1.14. The number of aromatic nitrogens is 3. The van der Waals surface area contributed by atoms with E-state index in [1.807, 2.05) is 10.9 Å². The topological polar surface area (TPSA) is 56.7 Å². The molecule has 1 unspecified atom stereocenters. The number of hydrogen-bond donors (Lipinski definition) is 1. The first-order valence-corrected chi connectivity index (χ1v) is 4.85. The Morgan fingerprint density at radius 1 is 1.62 bits per heavy atom. The van der Waals surface area contributed by atoms with Crippen LogP contribution >= 0.6 is 0 Å². The van der Waals surface area contributed by atoms with Crippen molar-refractivity contribution in [3.8, 4) is 0 Å². The molecule has 0 aliphatic rings. The Labute approximate surface area is 79.1 Å². The van der Waals surface area contributed by atoms with Crippen LogP contribution in [0.1, 0.15) is 26.0 Å². The van der Waals surface area contributed by atoms with E-state index in [9.17, 15) is 0 Å². The summed E-state index contributed by atoms with van der Waals surface area (Å²) in [6.45, 7) is 5.99. The molecule has 0 aliphatic heterocycles. The minimum atomic E-state index is 0.641. The van der Waals surface area contributed by atoms with E-state index in [1.54, 1.807) is 0 Å². The summed E-state index contributed by atoms with van der Waals surface area (Å²) in [7, 11) is 0. The highest BCUT2D eigenvalue weighted by Crippen LogP contribution is 2.04. The molecular weight excluding hydrogens is 164 g/mol. The van der Waals surface area contributed by atoms with Crippen LogP contribution in [0.3, 0.4) is 0 Å². The normalized spacial score (nSPS) is 13.2. The Hall–Kier alpha value is -0.900. The standard InChI is InChI=1S/C9H18N4/c1-3-8(2)6-13-7-9(4-5-10)11-12-13/h7-8H,3-6,10H2,1-2H3. The fourth-order valence-electron chi connectivity index (χ4n) is 1.14. The molecule has 0 saturated heterocycles. The highest BCUT2D eigenvalue weighted by Gasteiger charge is 2.03. The van der Waals surface area contributed by atoms with E-state index in [2.05, 4.69) is 24.2 Å². The molecule has 1 heterocycles. The van der Waals surface area contributed by atoms with Crippen LogP contribution in [0.15, 0.2) is 6.20 Å².